The largest absolute Gasteiger partial charge is 0.375 e. The Morgan fingerprint density at radius 1 is 1.12 bits per heavy atom. The van der Waals surface area contributed by atoms with Gasteiger partial charge in [-0.25, -0.2) is 22.0 Å². The fourth-order valence-electron chi connectivity index (χ4n) is 5.13. The molecule has 0 spiro atoms. The number of nitrogens with zero attached hydrogens (tertiary/aromatic N) is 3. The molecule has 33 heavy (non-hydrogen) atoms. The Kier molecular flexibility index (Phi) is 5.35. The fraction of sp³-hybridized carbons (Fsp3) is 0.565. The van der Waals surface area contributed by atoms with E-state index in [-0.39, 0.29) is 42.2 Å². The maximum absolute atomic E-state index is 14.3. The molecule has 3 fully saturated rings. The number of hydrogen-bond donors (Lipinski definition) is 1. The van der Waals surface area contributed by atoms with E-state index in [9.17, 15) is 22.0 Å². The summed E-state index contributed by atoms with van der Waals surface area (Å²) < 4.78 is 91.4. The van der Waals surface area contributed by atoms with Crippen LogP contribution in [0.1, 0.15) is 22.0 Å². The molecule has 1 aromatic heterocycles. The van der Waals surface area contributed by atoms with Gasteiger partial charge in [-0.05, 0) is 49.3 Å². The van der Waals surface area contributed by atoms with Crippen molar-refractivity contribution in [3.8, 4) is 11.3 Å². The Balaban J connectivity index is 1.20. The number of benzene rings is 1. The molecule has 5 rings (SSSR count). The molecule has 2 saturated heterocycles. The Labute approximate surface area is 191 Å². The first-order valence-electron chi connectivity index (χ1n) is 12.0. The molecule has 0 radical (unpaired) electrons. The summed E-state index contributed by atoms with van der Waals surface area (Å²) in [5.41, 5.74) is -0.320. The van der Waals surface area contributed by atoms with Gasteiger partial charge in [-0.1, -0.05) is 0 Å². The average molecular weight is 470 g/mol. The highest BCUT2D eigenvalue weighted by Gasteiger charge is 2.46. The van der Waals surface area contributed by atoms with E-state index in [2.05, 4.69) is 15.5 Å². The summed E-state index contributed by atoms with van der Waals surface area (Å²) in [6, 6.07) is 4.32. The van der Waals surface area contributed by atoms with Crippen LogP contribution in [0.4, 0.5) is 27.8 Å². The lowest BCUT2D eigenvalue weighted by molar-refractivity contribution is -0.158. The molecular weight excluding hydrogens is 443 g/mol. The van der Waals surface area contributed by atoms with Crippen LogP contribution in [0.25, 0.3) is 11.3 Å². The lowest BCUT2D eigenvalue weighted by atomic mass is 9.95. The van der Waals surface area contributed by atoms with Gasteiger partial charge in [0.2, 0.25) is 0 Å². The monoisotopic (exact) mass is 470 g/mol. The summed E-state index contributed by atoms with van der Waals surface area (Å²) in [6.07, 6.45) is 1.42. The van der Waals surface area contributed by atoms with Crippen LogP contribution in [0.15, 0.2) is 24.3 Å². The Morgan fingerprint density at radius 3 is 2.55 bits per heavy atom. The van der Waals surface area contributed by atoms with Crippen LogP contribution in [0, 0.1) is 35.2 Å². The standard InChI is InChI=1S/C23H25F5N4O/c24-16-7-18(22(26)19(25)8-16)20-1-2-21(31-30-20)29-17-5-13-9-32(10-14(13)6-17)11-15-3-4-33-12-23(15,27)28/h1-2,7-8,13-15,17H,3-6,9-12H2,(H,29,31)/t13-,14+,15?,17?/i11D2. The molecule has 1 saturated carbocycles. The minimum Gasteiger partial charge on any atom is -0.375 e. The van der Waals surface area contributed by atoms with Gasteiger partial charge >= 0.3 is 0 Å². The number of likely N-dealkylation sites (tertiary alicyclic amines) is 1. The second-order valence-corrected chi connectivity index (χ2v) is 9.07. The molecule has 178 valence electrons. The number of rotatable bonds is 5. The maximum atomic E-state index is 14.3. The quantitative estimate of drug-likeness (QED) is 0.520. The van der Waals surface area contributed by atoms with E-state index in [1.54, 1.807) is 11.0 Å². The number of fused-ring (bicyclic) bond motifs is 1. The third-order valence-electron chi connectivity index (χ3n) is 6.73. The van der Waals surface area contributed by atoms with Crippen molar-refractivity contribution in [2.24, 2.45) is 17.8 Å². The van der Waals surface area contributed by atoms with Gasteiger partial charge in [0.05, 0.1) is 5.69 Å². The van der Waals surface area contributed by atoms with Crippen LogP contribution in [0.3, 0.4) is 0 Å². The van der Waals surface area contributed by atoms with Crippen molar-refractivity contribution >= 4 is 5.82 Å². The summed E-state index contributed by atoms with van der Waals surface area (Å²) in [5, 5.41) is 11.1. The van der Waals surface area contributed by atoms with Crippen LogP contribution in [-0.4, -0.2) is 59.9 Å². The van der Waals surface area contributed by atoms with Crippen LogP contribution in [0.2, 0.25) is 0 Å². The highest BCUT2D eigenvalue weighted by Crippen LogP contribution is 2.41. The molecule has 2 aromatic rings. The average Bonchev–Trinajstić information content (AvgIpc) is 3.36. The molecule has 5 nitrogen and oxygen atoms in total. The molecule has 2 aliphatic heterocycles. The molecule has 3 heterocycles. The number of anilines is 1. The highest BCUT2D eigenvalue weighted by molar-refractivity contribution is 5.60. The smallest absolute Gasteiger partial charge is 0.275 e. The molecule has 2 unspecified atom stereocenters. The second kappa shape index (κ2) is 8.79. The molecule has 10 heteroatoms. The van der Waals surface area contributed by atoms with Crippen LogP contribution >= 0.6 is 0 Å². The first kappa shape index (κ1) is 20.1. The van der Waals surface area contributed by atoms with E-state index in [0.29, 0.717) is 37.8 Å². The van der Waals surface area contributed by atoms with Crippen molar-refractivity contribution < 1.29 is 29.4 Å². The van der Waals surface area contributed by atoms with Gasteiger partial charge in [-0.2, -0.15) is 0 Å². The molecule has 0 bridgehead atoms. The SMILES string of the molecule is [2H]C([2H])(C1CCOCC1(F)F)N1C[C@H]2CC(Nc3ccc(-c4cc(F)cc(F)c4F)nn3)C[C@H]2C1. The Hall–Kier alpha value is -2.33. The summed E-state index contributed by atoms with van der Waals surface area (Å²) in [5.74, 6) is -7.28. The number of ether oxygens (including phenoxy) is 1. The summed E-state index contributed by atoms with van der Waals surface area (Å²) >= 11 is 0. The normalized spacial score (nSPS) is 30.6. The zero-order chi connectivity index (χ0) is 25.0. The third-order valence-corrected chi connectivity index (χ3v) is 6.73. The summed E-state index contributed by atoms with van der Waals surface area (Å²) in [6.45, 7) is -1.93. The molecular formula is C23H25F5N4O. The van der Waals surface area contributed by atoms with Gasteiger partial charge in [0.25, 0.3) is 5.92 Å². The number of nitrogens with one attached hydrogen (secondary N) is 1. The zero-order valence-electron chi connectivity index (χ0n) is 19.7. The minimum atomic E-state index is -3.20. The molecule has 1 aromatic carbocycles. The topological polar surface area (TPSA) is 50.3 Å². The molecule has 4 atom stereocenters. The number of hydrogen-bond acceptors (Lipinski definition) is 5. The predicted molar refractivity (Wildman–Crippen MR) is 111 cm³/mol. The number of halogens is 5. The van der Waals surface area contributed by atoms with E-state index < -0.39 is 42.4 Å². The van der Waals surface area contributed by atoms with Gasteiger partial charge < -0.3 is 15.0 Å². The van der Waals surface area contributed by atoms with Gasteiger partial charge in [0, 0.05) is 52.5 Å². The lowest BCUT2D eigenvalue weighted by Crippen LogP contribution is -2.45. The summed E-state index contributed by atoms with van der Waals surface area (Å²) in [4.78, 5) is 1.56. The van der Waals surface area contributed by atoms with Gasteiger partial charge in [-0.15, -0.1) is 10.2 Å². The van der Waals surface area contributed by atoms with Crippen molar-refractivity contribution in [2.45, 2.75) is 31.2 Å². The van der Waals surface area contributed by atoms with Crippen molar-refractivity contribution in [3.05, 3.63) is 41.7 Å². The van der Waals surface area contributed by atoms with Crippen LogP contribution in [-0.2, 0) is 4.74 Å². The highest BCUT2D eigenvalue weighted by atomic mass is 19.3. The molecule has 3 aliphatic rings. The van der Waals surface area contributed by atoms with Crippen LogP contribution < -0.4 is 5.32 Å². The Morgan fingerprint density at radius 2 is 1.88 bits per heavy atom. The minimum absolute atomic E-state index is 0.00229. The van der Waals surface area contributed by atoms with E-state index in [1.807, 2.05) is 0 Å². The van der Waals surface area contributed by atoms with E-state index >= 15 is 0 Å². The van der Waals surface area contributed by atoms with E-state index in [0.717, 1.165) is 6.07 Å². The summed E-state index contributed by atoms with van der Waals surface area (Å²) in [7, 11) is 0. The third kappa shape index (κ3) is 4.68. The van der Waals surface area contributed by atoms with Crippen molar-refractivity contribution in [1.82, 2.24) is 15.1 Å². The molecule has 0 amide bonds. The first-order chi connectivity index (χ1) is 16.5. The zero-order valence-corrected chi connectivity index (χ0v) is 17.7. The maximum Gasteiger partial charge on any atom is 0.275 e. The predicted octanol–water partition coefficient (Wildman–Crippen LogP) is 4.36. The lowest BCUT2D eigenvalue weighted by Gasteiger charge is -2.34. The van der Waals surface area contributed by atoms with Crippen molar-refractivity contribution in [1.29, 1.82) is 0 Å². The van der Waals surface area contributed by atoms with Gasteiger partial charge in [0.1, 0.15) is 18.2 Å². The van der Waals surface area contributed by atoms with E-state index in [4.69, 9.17) is 7.48 Å². The van der Waals surface area contributed by atoms with Gasteiger partial charge in [-0.3, -0.25) is 0 Å². The van der Waals surface area contributed by atoms with Gasteiger partial charge in [0.15, 0.2) is 11.6 Å². The Bertz CT molecular complexity index is 1080. The number of alkyl halides is 2. The fourth-order valence-corrected chi connectivity index (χ4v) is 5.13. The van der Waals surface area contributed by atoms with Crippen LogP contribution in [0.5, 0.6) is 0 Å². The number of aromatic nitrogens is 2. The van der Waals surface area contributed by atoms with Crippen molar-refractivity contribution in [2.75, 3.05) is 38.1 Å². The molecule has 1 aliphatic carbocycles. The first-order valence-corrected chi connectivity index (χ1v) is 11.0. The second-order valence-electron chi connectivity index (χ2n) is 9.07. The molecule has 1 N–H and O–H groups in total. The van der Waals surface area contributed by atoms with E-state index in [1.165, 1.54) is 6.07 Å². The van der Waals surface area contributed by atoms with Crippen molar-refractivity contribution in [3.63, 3.8) is 0 Å².